The van der Waals surface area contributed by atoms with Crippen molar-refractivity contribution in [3.8, 4) is 11.5 Å². The average molecular weight is 365 g/mol. The number of hydrogen-bond donors (Lipinski definition) is 2. The van der Waals surface area contributed by atoms with Gasteiger partial charge in [-0.1, -0.05) is 0 Å². The number of amides is 2. The molecular weight excluding hydrogens is 346 g/mol. The first-order valence-electron chi connectivity index (χ1n) is 8.70. The number of carbonyl (C=O) groups is 2. The van der Waals surface area contributed by atoms with Crippen LogP contribution in [0.25, 0.3) is 10.9 Å². The van der Waals surface area contributed by atoms with Crippen molar-refractivity contribution in [2.75, 3.05) is 18.7 Å². The summed E-state index contributed by atoms with van der Waals surface area (Å²) in [5, 5.41) is 6.47. The van der Waals surface area contributed by atoms with Crippen molar-refractivity contribution in [1.82, 2.24) is 9.88 Å². The van der Waals surface area contributed by atoms with Crippen LogP contribution in [0.4, 0.5) is 5.69 Å². The van der Waals surface area contributed by atoms with Crippen molar-refractivity contribution in [2.45, 2.75) is 13.5 Å². The van der Waals surface area contributed by atoms with Gasteiger partial charge in [0, 0.05) is 34.9 Å². The molecular formula is C20H19N3O4. The van der Waals surface area contributed by atoms with Gasteiger partial charge in [0.05, 0.1) is 6.54 Å². The SMILES string of the molecule is CCn1ccc2cc(NC(=O)CNC(=O)c3ccc4c(c3)OCO4)ccc21. The molecule has 0 fully saturated rings. The van der Waals surface area contributed by atoms with Crippen LogP contribution in [0.1, 0.15) is 17.3 Å². The Morgan fingerprint density at radius 1 is 1.07 bits per heavy atom. The minimum Gasteiger partial charge on any atom is -0.454 e. The van der Waals surface area contributed by atoms with Crippen LogP contribution in [-0.4, -0.2) is 29.7 Å². The fourth-order valence-electron chi connectivity index (χ4n) is 3.06. The fourth-order valence-corrected chi connectivity index (χ4v) is 3.06. The normalized spacial score (nSPS) is 12.2. The number of nitrogens with one attached hydrogen (secondary N) is 2. The summed E-state index contributed by atoms with van der Waals surface area (Å²) in [6.07, 6.45) is 2.02. The van der Waals surface area contributed by atoms with Crippen LogP contribution in [0.15, 0.2) is 48.7 Å². The Bertz CT molecular complexity index is 1030. The zero-order valence-corrected chi connectivity index (χ0v) is 14.8. The molecule has 2 aromatic carbocycles. The molecule has 2 N–H and O–H groups in total. The minimum absolute atomic E-state index is 0.124. The van der Waals surface area contributed by atoms with E-state index in [4.69, 9.17) is 9.47 Å². The van der Waals surface area contributed by atoms with E-state index in [2.05, 4.69) is 22.1 Å². The zero-order chi connectivity index (χ0) is 18.8. The molecule has 1 aliphatic heterocycles. The summed E-state index contributed by atoms with van der Waals surface area (Å²) in [5.74, 6) is 0.494. The Morgan fingerprint density at radius 2 is 1.93 bits per heavy atom. The highest BCUT2D eigenvalue weighted by Crippen LogP contribution is 2.32. The van der Waals surface area contributed by atoms with Gasteiger partial charge in [-0.05, 0) is 49.4 Å². The predicted molar refractivity (Wildman–Crippen MR) is 101 cm³/mol. The highest BCUT2D eigenvalue weighted by molar-refractivity contribution is 6.00. The first-order valence-corrected chi connectivity index (χ1v) is 8.70. The summed E-state index contributed by atoms with van der Waals surface area (Å²) < 4.78 is 12.6. The molecule has 0 spiro atoms. The van der Waals surface area contributed by atoms with E-state index in [9.17, 15) is 9.59 Å². The molecule has 0 aliphatic carbocycles. The monoisotopic (exact) mass is 365 g/mol. The lowest BCUT2D eigenvalue weighted by atomic mass is 10.2. The van der Waals surface area contributed by atoms with E-state index in [0.29, 0.717) is 22.7 Å². The molecule has 0 atom stereocenters. The van der Waals surface area contributed by atoms with Gasteiger partial charge in [-0.3, -0.25) is 9.59 Å². The molecule has 2 amide bonds. The number of ether oxygens (including phenoxy) is 2. The summed E-state index contributed by atoms with van der Waals surface area (Å²) >= 11 is 0. The van der Waals surface area contributed by atoms with Crippen LogP contribution in [0, 0.1) is 0 Å². The molecule has 1 aliphatic rings. The van der Waals surface area contributed by atoms with Gasteiger partial charge in [0.1, 0.15) is 0 Å². The second kappa shape index (κ2) is 7.03. The summed E-state index contributed by atoms with van der Waals surface area (Å²) in [5.41, 5.74) is 2.22. The quantitative estimate of drug-likeness (QED) is 0.728. The highest BCUT2D eigenvalue weighted by Gasteiger charge is 2.16. The Kier molecular flexibility index (Phi) is 4.42. The van der Waals surface area contributed by atoms with Crippen molar-refractivity contribution >= 4 is 28.4 Å². The van der Waals surface area contributed by atoms with Crippen LogP contribution in [-0.2, 0) is 11.3 Å². The van der Waals surface area contributed by atoms with E-state index in [1.54, 1.807) is 18.2 Å². The van der Waals surface area contributed by atoms with E-state index >= 15 is 0 Å². The second-order valence-electron chi connectivity index (χ2n) is 6.17. The summed E-state index contributed by atoms with van der Waals surface area (Å²) in [6, 6.07) is 12.7. The molecule has 7 nitrogen and oxygen atoms in total. The summed E-state index contributed by atoms with van der Waals surface area (Å²) in [6.45, 7) is 3.00. The topological polar surface area (TPSA) is 81.6 Å². The molecule has 0 saturated heterocycles. The van der Waals surface area contributed by atoms with E-state index in [0.717, 1.165) is 17.4 Å². The van der Waals surface area contributed by atoms with Crippen LogP contribution >= 0.6 is 0 Å². The third-order valence-electron chi connectivity index (χ3n) is 4.44. The van der Waals surface area contributed by atoms with Crippen molar-refractivity contribution in [1.29, 1.82) is 0 Å². The van der Waals surface area contributed by atoms with Gasteiger partial charge in [-0.15, -0.1) is 0 Å². The Balaban J connectivity index is 1.36. The van der Waals surface area contributed by atoms with Crippen LogP contribution < -0.4 is 20.1 Å². The third-order valence-corrected chi connectivity index (χ3v) is 4.44. The molecule has 0 radical (unpaired) electrons. The molecule has 0 unspecified atom stereocenters. The predicted octanol–water partition coefficient (Wildman–Crippen LogP) is 2.76. The molecule has 0 saturated carbocycles. The molecule has 27 heavy (non-hydrogen) atoms. The zero-order valence-electron chi connectivity index (χ0n) is 14.8. The number of nitrogens with zero attached hydrogens (tertiary/aromatic N) is 1. The average Bonchev–Trinajstić information content (AvgIpc) is 3.31. The lowest BCUT2D eigenvalue weighted by Gasteiger charge is -2.08. The fraction of sp³-hybridized carbons (Fsp3) is 0.200. The van der Waals surface area contributed by atoms with Crippen molar-refractivity contribution < 1.29 is 19.1 Å². The molecule has 4 rings (SSSR count). The Morgan fingerprint density at radius 3 is 2.78 bits per heavy atom. The van der Waals surface area contributed by atoms with Gasteiger partial charge in [0.15, 0.2) is 11.5 Å². The third kappa shape index (κ3) is 3.44. The van der Waals surface area contributed by atoms with Gasteiger partial charge in [0.25, 0.3) is 5.91 Å². The molecule has 2 heterocycles. The first kappa shape index (κ1) is 17.0. The van der Waals surface area contributed by atoms with Gasteiger partial charge in [0.2, 0.25) is 12.7 Å². The van der Waals surface area contributed by atoms with E-state index < -0.39 is 0 Å². The second-order valence-corrected chi connectivity index (χ2v) is 6.17. The standard InChI is InChI=1S/C20H19N3O4/c1-2-23-8-7-13-9-15(4-5-16(13)23)22-19(24)11-21-20(25)14-3-6-17-18(10-14)27-12-26-17/h3-10H,2,11-12H2,1H3,(H,21,25)(H,22,24). The maximum atomic E-state index is 12.2. The van der Waals surface area contributed by atoms with Crippen LogP contribution in [0.5, 0.6) is 11.5 Å². The van der Waals surface area contributed by atoms with Gasteiger partial charge in [-0.25, -0.2) is 0 Å². The number of hydrogen-bond acceptors (Lipinski definition) is 4. The van der Waals surface area contributed by atoms with E-state index in [-0.39, 0.29) is 25.2 Å². The first-order chi connectivity index (χ1) is 13.1. The largest absolute Gasteiger partial charge is 0.454 e. The number of carbonyl (C=O) groups excluding carboxylic acids is 2. The van der Waals surface area contributed by atoms with Crippen LogP contribution in [0.3, 0.4) is 0 Å². The maximum absolute atomic E-state index is 12.2. The highest BCUT2D eigenvalue weighted by atomic mass is 16.7. The van der Waals surface area contributed by atoms with Crippen LogP contribution in [0.2, 0.25) is 0 Å². The molecule has 138 valence electrons. The lowest BCUT2D eigenvalue weighted by Crippen LogP contribution is -2.32. The minimum atomic E-state index is -0.348. The van der Waals surface area contributed by atoms with Crippen molar-refractivity contribution in [3.63, 3.8) is 0 Å². The van der Waals surface area contributed by atoms with Crippen molar-refractivity contribution in [2.24, 2.45) is 0 Å². The maximum Gasteiger partial charge on any atom is 0.251 e. The Labute approximate surface area is 155 Å². The van der Waals surface area contributed by atoms with Gasteiger partial charge < -0.3 is 24.7 Å². The number of benzene rings is 2. The molecule has 3 aromatic rings. The number of aromatic nitrogens is 1. The number of aryl methyl sites for hydroxylation is 1. The van der Waals surface area contributed by atoms with E-state index in [1.807, 2.05) is 30.5 Å². The molecule has 1 aromatic heterocycles. The lowest BCUT2D eigenvalue weighted by molar-refractivity contribution is -0.115. The molecule has 0 bridgehead atoms. The van der Waals surface area contributed by atoms with Gasteiger partial charge >= 0.3 is 0 Å². The summed E-state index contributed by atoms with van der Waals surface area (Å²) in [4.78, 5) is 24.4. The number of anilines is 1. The van der Waals surface area contributed by atoms with E-state index in [1.165, 1.54) is 0 Å². The number of fused-ring (bicyclic) bond motifs is 2. The van der Waals surface area contributed by atoms with Gasteiger partial charge in [-0.2, -0.15) is 0 Å². The molecule has 7 heteroatoms. The van der Waals surface area contributed by atoms with Crippen molar-refractivity contribution in [3.05, 3.63) is 54.2 Å². The number of rotatable bonds is 5. The Hall–Kier alpha value is -3.48. The summed E-state index contributed by atoms with van der Waals surface area (Å²) in [7, 11) is 0. The smallest absolute Gasteiger partial charge is 0.251 e.